The van der Waals surface area contributed by atoms with Crippen LogP contribution in [0, 0.1) is 0 Å². The second-order valence-corrected chi connectivity index (χ2v) is 19.1. The Balaban J connectivity index is 1.15. The summed E-state index contributed by atoms with van der Waals surface area (Å²) in [6, 6.07) is 60.6. The van der Waals surface area contributed by atoms with Gasteiger partial charge in [0.1, 0.15) is 0 Å². The Hall–Kier alpha value is -5.63. The van der Waals surface area contributed by atoms with Gasteiger partial charge in [0.25, 0.3) is 0 Å². The first-order chi connectivity index (χ1) is 27.0. The molecule has 0 unspecified atom stereocenters. The molecule has 0 N–H and O–H groups in total. The van der Waals surface area contributed by atoms with Gasteiger partial charge in [0.05, 0.1) is 5.41 Å². The van der Waals surface area contributed by atoms with E-state index in [0.717, 1.165) is 0 Å². The predicted molar refractivity (Wildman–Crippen MR) is 238 cm³/mol. The molecule has 11 rings (SSSR count). The SMILES string of the molecule is CC(C)(C)c1ccc2c(c1)C1(c3cc(C(C)(C)C)ccc3-2)c2ccccc2-c2c(-c3cccc(-c4ccc5c6c(cccc46)-c4ccccc4S5)c3)cccc21. The molecule has 0 saturated carbocycles. The molecule has 0 nitrogen and oxygen atoms in total. The summed E-state index contributed by atoms with van der Waals surface area (Å²) in [5.41, 5.74) is 21.1. The number of hydrogen-bond donors (Lipinski definition) is 0. The Labute approximate surface area is 335 Å². The maximum absolute atomic E-state index is 2.54. The minimum absolute atomic E-state index is 0.0225. The molecule has 0 fully saturated rings. The maximum Gasteiger partial charge on any atom is 0.0725 e. The molecular weight excluding hydrogens is 693 g/mol. The molecule has 3 aliphatic rings. The van der Waals surface area contributed by atoms with E-state index < -0.39 is 5.41 Å². The van der Waals surface area contributed by atoms with E-state index in [1.54, 1.807) is 0 Å². The van der Waals surface area contributed by atoms with Crippen LogP contribution in [0.5, 0.6) is 0 Å². The number of rotatable bonds is 2. The van der Waals surface area contributed by atoms with Crippen LogP contribution in [-0.2, 0) is 16.2 Å². The average Bonchev–Trinajstić information content (AvgIpc) is 3.67. The molecule has 1 aliphatic heterocycles. The predicted octanol–water partition coefficient (Wildman–Crippen LogP) is 15.2. The molecule has 1 spiro atoms. The first-order valence-electron chi connectivity index (χ1n) is 20.0. The van der Waals surface area contributed by atoms with E-state index in [1.165, 1.54) is 110 Å². The number of fused-ring (bicyclic) bond motifs is 12. The highest BCUT2D eigenvalue weighted by molar-refractivity contribution is 7.99. The number of hydrogen-bond acceptors (Lipinski definition) is 1. The quantitative estimate of drug-likeness (QED) is 0.170. The Kier molecular flexibility index (Phi) is 7.04. The van der Waals surface area contributed by atoms with Crippen LogP contribution in [0.1, 0.15) is 74.9 Å². The van der Waals surface area contributed by atoms with Gasteiger partial charge in [-0.05, 0) is 123 Å². The summed E-state index contributed by atoms with van der Waals surface area (Å²) < 4.78 is 0. The zero-order valence-corrected chi connectivity index (χ0v) is 33.7. The third kappa shape index (κ3) is 4.61. The van der Waals surface area contributed by atoms with Gasteiger partial charge in [-0.15, -0.1) is 0 Å². The highest BCUT2D eigenvalue weighted by Crippen LogP contribution is 2.65. The fourth-order valence-corrected chi connectivity index (χ4v) is 11.2. The van der Waals surface area contributed by atoms with E-state index in [0.29, 0.717) is 0 Å². The van der Waals surface area contributed by atoms with Crippen LogP contribution in [0.15, 0.2) is 168 Å². The topological polar surface area (TPSA) is 0 Å². The van der Waals surface area contributed by atoms with Gasteiger partial charge in [0.15, 0.2) is 0 Å². The van der Waals surface area contributed by atoms with Crippen molar-refractivity contribution >= 4 is 22.5 Å². The molecule has 8 aromatic carbocycles. The summed E-state index contributed by atoms with van der Waals surface area (Å²) >= 11 is 1.89. The lowest BCUT2D eigenvalue weighted by atomic mass is 9.68. The van der Waals surface area contributed by atoms with Crippen molar-refractivity contribution in [3.8, 4) is 55.6 Å². The lowest BCUT2D eigenvalue weighted by Gasteiger charge is -2.33. The first kappa shape index (κ1) is 33.7. The molecule has 0 atom stereocenters. The molecule has 0 amide bonds. The summed E-state index contributed by atoms with van der Waals surface area (Å²) in [5.74, 6) is 0. The molecule has 0 radical (unpaired) electrons. The van der Waals surface area contributed by atoms with E-state index in [9.17, 15) is 0 Å². The van der Waals surface area contributed by atoms with E-state index in [4.69, 9.17) is 0 Å². The lowest BCUT2D eigenvalue weighted by Crippen LogP contribution is -2.27. The number of benzene rings is 8. The summed E-state index contributed by atoms with van der Waals surface area (Å²) in [4.78, 5) is 2.66. The Bertz CT molecular complexity index is 2900. The van der Waals surface area contributed by atoms with Crippen LogP contribution in [0.25, 0.3) is 66.4 Å². The molecule has 1 heteroatoms. The summed E-state index contributed by atoms with van der Waals surface area (Å²) in [6.45, 7) is 14.0. The standard InChI is InChI=1S/C55H44S/c1-53(2,3)35-24-26-39-40-27-25-36(54(4,5)6)32-48(40)55(47(39)31-35)45-21-9-7-17-44(45)51-38(18-13-22-46(51)55)34-15-11-14-33(30-34)37-28-29-50-52-42(37)19-12-20-43(52)41-16-8-10-23-49(41)56-50/h7-32H,1-6H3. The normalized spacial score (nSPS) is 14.3. The van der Waals surface area contributed by atoms with Crippen molar-refractivity contribution in [3.05, 3.63) is 191 Å². The van der Waals surface area contributed by atoms with Crippen molar-refractivity contribution < 1.29 is 0 Å². The Morgan fingerprint density at radius 1 is 0.375 bits per heavy atom. The largest absolute Gasteiger partial charge is 0.0888 e. The summed E-state index contributed by atoms with van der Waals surface area (Å²) in [5, 5.41) is 2.67. The van der Waals surface area contributed by atoms with Gasteiger partial charge in [-0.2, -0.15) is 0 Å². The van der Waals surface area contributed by atoms with Gasteiger partial charge in [0.2, 0.25) is 0 Å². The van der Waals surface area contributed by atoms with Crippen molar-refractivity contribution in [1.29, 1.82) is 0 Å². The zero-order chi connectivity index (χ0) is 38.1. The minimum Gasteiger partial charge on any atom is -0.0888 e. The van der Waals surface area contributed by atoms with Gasteiger partial charge >= 0.3 is 0 Å². The van der Waals surface area contributed by atoms with Crippen molar-refractivity contribution in [3.63, 3.8) is 0 Å². The van der Waals surface area contributed by atoms with E-state index >= 15 is 0 Å². The molecule has 2 aliphatic carbocycles. The molecule has 56 heavy (non-hydrogen) atoms. The van der Waals surface area contributed by atoms with Gasteiger partial charge in [-0.1, -0.05) is 193 Å². The van der Waals surface area contributed by atoms with Gasteiger partial charge in [-0.3, -0.25) is 0 Å². The lowest BCUT2D eigenvalue weighted by molar-refractivity contribution is 0.586. The third-order valence-corrected chi connectivity index (χ3v) is 14.0. The zero-order valence-electron chi connectivity index (χ0n) is 32.9. The van der Waals surface area contributed by atoms with Crippen LogP contribution in [0.4, 0.5) is 0 Å². The van der Waals surface area contributed by atoms with Crippen LogP contribution in [0.2, 0.25) is 0 Å². The van der Waals surface area contributed by atoms with Gasteiger partial charge in [0, 0.05) is 15.2 Å². The minimum atomic E-state index is -0.420. The van der Waals surface area contributed by atoms with Crippen molar-refractivity contribution in [2.75, 3.05) is 0 Å². The molecule has 0 aromatic heterocycles. The van der Waals surface area contributed by atoms with Crippen LogP contribution in [-0.4, -0.2) is 0 Å². The molecular formula is C55H44S. The van der Waals surface area contributed by atoms with E-state index in [1.807, 2.05) is 11.8 Å². The Morgan fingerprint density at radius 2 is 0.929 bits per heavy atom. The highest BCUT2D eigenvalue weighted by Gasteiger charge is 2.52. The van der Waals surface area contributed by atoms with Crippen molar-refractivity contribution in [1.82, 2.24) is 0 Å². The van der Waals surface area contributed by atoms with Crippen LogP contribution >= 0.6 is 11.8 Å². The van der Waals surface area contributed by atoms with Crippen LogP contribution < -0.4 is 0 Å². The maximum atomic E-state index is 2.54. The van der Waals surface area contributed by atoms with Crippen molar-refractivity contribution in [2.45, 2.75) is 67.6 Å². The second kappa shape index (κ2) is 11.7. The molecule has 8 aromatic rings. The molecule has 1 heterocycles. The van der Waals surface area contributed by atoms with Gasteiger partial charge in [-0.25, -0.2) is 0 Å². The molecule has 270 valence electrons. The van der Waals surface area contributed by atoms with E-state index in [2.05, 4.69) is 199 Å². The van der Waals surface area contributed by atoms with Crippen LogP contribution in [0.3, 0.4) is 0 Å². The van der Waals surface area contributed by atoms with E-state index in [-0.39, 0.29) is 10.8 Å². The fourth-order valence-electron chi connectivity index (χ4n) is 10.1. The average molecular weight is 737 g/mol. The third-order valence-electron chi connectivity index (χ3n) is 12.8. The highest BCUT2D eigenvalue weighted by atomic mass is 32.2. The first-order valence-corrected chi connectivity index (χ1v) is 20.8. The summed E-state index contributed by atoms with van der Waals surface area (Å²) in [6.07, 6.45) is 0. The smallest absolute Gasteiger partial charge is 0.0725 e. The fraction of sp³-hybridized carbons (Fsp3) is 0.164. The van der Waals surface area contributed by atoms with Gasteiger partial charge < -0.3 is 0 Å². The summed E-state index contributed by atoms with van der Waals surface area (Å²) in [7, 11) is 0. The van der Waals surface area contributed by atoms with Crippen molar-refractivity contribution in [2.24, 2.45) is 0 Å². The Morgan fingerprint density at radius 3 is 1.64 bits per heavy atom. The molecule has 0 bridgehead atoms. The molecule has 0 saturated heterocycles. The monoisotopic (exact) mass is 736 g/mol. The second-order valence-electron chi connectivity index (χ2n) is 18.1.